The Morgan fingerprint density at radius 2 is 2.23 bits per heavy atom. The minimum Gasteiger partial charge on any atom is -0.496 e. The third-order valence-corrected chi connectivity index (χ3v) is 4.72. The van der Waals surface area contributed by atoms with Crippen LogP contribution in [0.15, 0.2) is 45.9 Å². The van der Waals surface area contributed by atoms with Crippen LogP contribution in [0.2, 0.25) is 0 Å². The molecular weight excluding hydrogens is 318 g/mol. The largest absolute Gasteiger partial charge is 0.496 e. The minimum atomic E-state index is -0.108. The SMILES string of the molecule is COc1cc(SC)ccc1C(=O)NCCSCc1ccco1. The second-order valence-corrected chi connectivity index (χ2v) is 6.44. The molecule has 0 saturated carbocycles. The first kappa shape index (κ1) is 16.8. The number of rotatable bonds is 8. The molecule has 0 unspecified atom stereocenters. The topological polar surface area (TPSA) is 51.5 Å². The standard InChI is InChI=1S/C16H19NO3S2/c1-19-15-10-13(21-2)5-6-14(15)16(18)17-7-9-22-11-12-4-3-8-20-12/h3-6,8,10H,7,9,11H2,1-2H3,(H,17,18). The lowest BCUT2D eigenvalue weighted by molar-refractivity contribution is 0.0953. The summed E-state index contributed by atoms with van der Waals surface area (Å²) < 4.78 is 10.5. The van der Waals surface area contributed by atoms with Gasteiger partial charge in [0.15, 0.2) is 0 Å². The Morgan fingerprint density at radius 1 is 1.36 bits per heavy atom. The number of benzene rings is 1. The maximum absolute atomic E-state index is 12.2. The Morgan fingerprint density at radius 3 is 2.91 bits per heavy atom. The third kappa shape index (κ3) is 4.74. The summed E-state index contributed by atoms with van der Waals surface area (Å²) in [5, 5.41) is 2.91. The molecule has 0 aliphatic rings. The number of nitrogens with one attached hydrogen (secondary N) is 1. The van der Waals surface area contributed by atoms with Crippen molar-refractivity contribution in [1.29, 1.82) is 0 Å². The first-order chi connectivity index (χ1) is 10.7. The van der Waals surface area contributed by atoms with Crippen molar-refractivity contribution in [3.8, 4) is 5.75 Å². The van der Waals surface area contributed by atoms with Crippen molar-refractivity contribution in [1.82, 2.24) is 5.32 Å². The lowest BCUT2D eigenvalue weighted by Crippen LogP contribution is -2.26. The molecule has 0 fully saturated rings. The molecule has 0 aliphatic heterocycles. The number of furan rings is 1. The molecule has 1 N–H and O–H groups in total. The molecular formula is C16H19NO3S2. The van der Waals surface area contributed by atoms with Crippen LogP contribution < -0.4 is 10.1 Å². The van der Waals surface area contributed by atoms with E-state index < -0.39 is 0 Å². The highest BCUT2D eigenvalue weighted by molar-refractivity contribution is 7.98. The highest BCUT2D eigenvalue weighted by Crippen LogP contribution is 2.25. The van der Waals surface area contributed by atoms with Crippen molar-refractivity contribution >= 4 is 29.4 Å². The summed E-state index contributed by atoms with van der Waals surface area (Å²) in [6, 6.07) is 9.43. The van der Waals surface area contributed by atoms with Gasteiger partial charge in [-0.2, -0.15) is 11.8 Å². The van der Waals surface area contributed by atoms with Gasteiger partial charge in [-0.05, 0) is 36.6 Å². The van der Waals surface area contributed by atoms with Crippen molar-refractivity contribution in [3.05, 3.63) is 47.9 Å². The van der Waals surface area contributed by atoms with Gasteiger partial charge in [-0.3, -0.25) is 4.79 Å². The average molecular weight is 337 g/mol. The van der Waals surface area contributed by atoms with Gasteiger partial charge in [-0.15, -0.1) is 11.8 Å². The van der Waals surface area contributed by atoms with E-state index in [4.69, 9.17) is 9.15 Å². The van der Waals surface area contributed by atoms with Crippen molar-refractivity contribution < 1.29 is 13.9 Å². The van der Waals surface area contributed by atoms with Crippen molar-refractivity contribution in [2.24, 2.45) is 0 Å². The van der Waals surface area contributed by atoms with Crippen LogP contribution in [0.25, 0.3) is 0 Å². The summed E-state index contributed by atoms with van der Waals surface area (Å²) in [4.78, 5) is 13.3. The molecule has 0 spiro atoms. The number of hydrogen-bond donors (Lipinski definition) is 1. The molecule has 0 saturated heterocycles. The van der Waals surface area contributed by atoms with E-state index in [1.807, 2.05) is 30.5 Å². The maximum Gasteiger partial charge on any atom is 0.255 e. The maximum atomic E-state index is 12.2. The van der Waals surface area contributed by atoms with Crippen LogP contribution in [0.4, 0.5) is 0 Å². The van der Waals surface area contributed by atoms with Crippen LogP contribution in [-0.4, -0.2) is 31.6 Å². The van der Waals surface area contributed by atoms with Crippen LogP contribution in [-0.2, 0) is 5.75 Å². The number of amides is 1. The Labute approximate surface area is 139 Å². The zero-order valence-corrected chi connectivity index (χ0v) is 14.3. The van der Waals surface area contributed by atoms with Crippen LogP contribution >= 0.6 is 23.5 Å². The van der Waals surface area contributed by atoms with Gasteiger partial charge in [-0.25, -0.2) is 0 Å². The molecule has 6 heteroatoms. The average Bonchev–Trinajstić information content (AvgIpc) is 3.07. The number of carbonyl (C=O) groups excluding carboxylic acids is 1. The molecule has 0 atom stereocenters. The van der Waals surface area contributed by atoms with Gasteiger partial charge >= 0.3 is 0 Å². The van der Waals surface area contributed by atoms with E-state index in [2.05, 4.69) is 5.32 Å². The lowest BCUT2D eigenvalue weighted by Gasteiger charge is -2.10. The highest BCUT2D eigenvalue weighted by Gasteiger charge is 2.12. The summed E-state index contributed by atoms with van der Waals surface area (Å²) >= 11 is 3.34. The molecule has 0 bridgehead atoms. The number of thioether (sulfide) groups is 2. The zero-order valence-electron chi connectivity index (χ0n) is 12.6. The van der Waals surface area contributed by atoms with Gasteiger partial charge in [0, 0.05) is 17.2 Å². The molecule has 2 aromatic rings. The monoisotopic (exact) mass is 337 g/mol. The summed E-state index contributed by atoms with van der Waals surface area (Å²) in [5.74, 6) is 3.09. The normalized spacial score (nSPS) is 10.5. The minimum absolute atomic E-state index is 0.108. The molecule has 22 heavy (non-hydrogen) atoms. The first-order valence-electron chi connectivity index (χ1n) is 6.85. The summed E-state index contributed by atoms with van der Waals surface area (Å²) in [6.45, 7) is 0.609. The van der Waals surface area contributed by atoms with Crippen molar-refractivity contribution in [3.63, 3.8) is 0 Å². The van der Waals surface area contributed by atoms with Gasteiger partial charge in [0.1, 0.15) is 11.5 Å². The van der Waals surface area contributed by atoms with E-state index in [9.17, 15) is 4.79 Å². The molecule has 1 aromatic heterocycles. The summed E-state index contributed by atoms with van der Waals surface area (Å²) in [7, 11) is 1.58. The Balaban J connectivity index is 1.79. The number of ether oxygens (including phenoxy) is 1. The van der Waals surface area contributed by atoms with Crippen LogP contribution in [0.3, 0.4) is 0 Å². The van der Waals surface area contributed by atoms with Gasteiger partial charge in [-0.1, -0.05) is 0 Å². The van der Waals surface area contributed by atoms with Crippen LogP contribution in [0.5, 0.6) is 5.75 Å². The van der Waals surface area contributed by atoms with Gasteiger partial charge in [0.2, 0.25) is 0 Å². The highest BCUT2D eigenvalue weighted by atomic mass is 32.2. The second-order valence-electron chi connectivity index (χ2n) is 4.45. The molecule has 1 amide bonds. The molecule has 1 heterocycles. The van der Waals surface area contributed by atoms with Crippen LogP contribution in [0, 0.1) is 0 Å². The number of carbonyl (C=O) groups is 1. The first-order valence-corrected chi connectivity index (χ1v) is 9.23. The Bertz CT molecular complexity index is 599. The second kappa shape index (κ2) is 8.80. The molecule has 4 nitrogen and oxygen atoms in total. The van der Waals surface area contributed by atoms with E-state index in [-0.39, 0.29) is 5.91 Å². The van der Waals surface area contributed by atoms with Gasteiger partial charge < -0.3 is 14.5 Å². The number of hydrogen-bond acceptors (Lipinski definition) is 5. The quantitative estimate of drug-likeness (QED) is 0.588. The molecule has 0 aliphatic carbocycles. The van der Waals surface area contributed by atoms with E-state index in [0.29, 0.717) is 17.9 Å². The predicted octanol–water partition coefficient (Wildman–Crippen LogP) is 3.67. The third-order valence-electron chi connectivity index (χ3n) is 3.01. The van der Waals surface area contributed by atoms with E-state index >= 15 is 0 Å². The fraction of sp³-hybridized carbons (Fsp3) is 0.312. The van der Waals surface area contributed by atoms with Crippen molar-refractivity contribution in [2.45, 2.75) is 10.6 Å². The van der Waals surface area contributed by atoms with E-state index in [1.165, 1.54) is 0 Å². The predicted molar refractivity (Wildman–Crippen MR) is 92.0 cm³/mol. The molecule has 0 radical (unpaired) electrons. The van der Waals surface area contributed by atoms with Crippen molar-refractivity contribution in [2.75, 3.05) is 25.7 Å². The fourth-order valence-corrected chi connectivity index (χ4v) is 3.07. The van der Waals surface area contributed by atoms with Gasteiger partial charge in [0.05, 0.1) is 24.7 Å². The van der Waals surface area contributed by atoms with E-state index in [1.54, 1.807) is 43.0 Å². The van der Waals surface area contributed by atoms with E-state index in [0.717, 1.165) is 22.2 Å². The molecule has 118 valence electrons. The smallest absolute Gasteiger partial charge is 0.255 e. The zero-order chi connectivity index (χ0) is 15.8. The molecule has 1 aromatic carbocycles. The summed E-state index contributed by atoms with van der Waals surface area (Å²) in [5.41, 5.74) is 0.566. The summed E-state index contributed by atoms with van der Waals surface area (Å²) in [6.07, 6.45) is 3.66. The Hall–Kier alpha value is -1.53. The fourth-order valence-electron chi connectivity index (χ4n) is 1.89. The number of methoxy groups -OCH3 is 1. The Kier molecular flexibility index (Phi) is 6.74. The molecule has 2 rings (SSSR count). The lowest BCUT2D eigenvalue weighted by atomic mass is 10.2. The van der Waals surface area contributed by atoms with Gasteiger partial charge in [0.25, 0.3) is 5.91 Å². The van der Waals surface area contributed by atoms with Crippen LogP contribution in [0.1, 0.15) is 16.1 Å².